The molecule has 0 saturated heterocycles. The van der Waals surface area contributed by atoms with Crippen LogP contribution in [0.3, 0.4) is 0 Å². The van der Waals surface area contributed by atoms with Gasteiger partial charge in [0, 0.05) is 18.1 Å². The lowest BCUT2D eigenvalue weighted by Crippen LogP contribution is -2.20. The predicted molar refractivity (Wildman–Crippen MR) is 64.3 cm³/mol. The van der Waals surface area contributed by atoms with Crippen LogP contribution in [0.1, 0.15) is 0 Å². The van der Waals surface area contributed by atoms with Crippen molar-refractivity contribution in [3.05, 3.63) is 30.3 Å². The fraction of sp³-hybridized carbons (Fsp3) is 0.455. The highest BCUT2D eigenvalue weighted by Crippen LogP contribution is 2.09. The minimum atomic E-state index is -0.429. The SMILES string of the molecule is NCCSCC(O)COc1ccccc1. The molecule has 1 aromatic rings. The molecule has 0 heterocycles. The van der Waals surface area contributed by atoms with Crippen LogP contribution in [0, 0.1) is 0 Å². The lowest BCUT2D eigenvalue weighted by molar-refractivity contribution is 0.126. The van der Waals surface area contributed by atoms with Gasteiger partial charge >= 0.3 is 0 Å². The summed E-state index contributed by atoms with van der Waals surface area (Å²) in [5, 5.41) is 9.55. The Labute approximate surface area is 94.6 Å². The van der Waals surface area contributed by atoms with Crippen LogP contribution in [0.15, 0.2) is 30.3 Å². The van der Waals surface area contributed by atoms with Gasteiger partial charge in [-0.3, -0.25) is 0 Å². The Bertz CT molecular complexity index is 256. The first-order valence-corrected chi connectivity index (χ1v) is 6.12. The van der Waals surface area contributed by atoms with Gasteiger partial charge in [-0.25, -0.2) is 0 Å². The average molecular weight is 227 g/mol. The van der Waals surface area contributed by atoms with E-state index in [1.54, 1.807) is 11.8 Å². The van der Waals surface area contributed by atoms with Gasteiger partial charge < -0.3 is 15.6 Å². The van der Waals surface area contributed by atoms with Crippen LogP contribution in [0.5, 0.6) is 5.75 Å². The van der Waals surface area contributed by atoms with Crippen LogP contribution in [0.2, 0.25) is 0 Å². The Kier molecular flexibility index (Phi) is 6.23. The maximum Gasteiger partial charge on any atom is 0.119 e. The van der Waals surface area contributed by atoms with E-state index in [-0.39, 0.29) is 0 Å². The van der Waals surface area contributed by atoms with E-state index in [0.29, 0.717) is 18.9 Å². The third-order valence-corrected chi connectivity index (χ3v) is 2.90. The second-order valence-corrected chi connectivity index (χ2v) is 4.29. The minimum absolute atomic E-state index is 0.335. The molecule has 0 bridgehead atoms. The fourth-order valence-corrected chi connectivity index (χ4v) is 1.76. The van der Waals surface area contributed by atoms with Gasteiger partial charge in [0.05, 0.1) is 6.10 Å². The van der Waals surface area contributed by atoms with Crippen molar-refractivity contribution in [3.8, 4) is 5.75 Å². The van der Waals surface area contributed by atoms with Crippen molar-refractivity contribution in [2.24, 2.45) is 5.73 Å². The van der Waals surface area contributed by atoms with Gasteiger partial charge in [0.2, 0.25) is 0 Å². The Morgan fingerprint density at radius 2 is 2.07 bits per heavy atom. The number of nitrogens with two attached hydrogens (primary N) is 1. The molecule has 0 fully saturated rings. The van der Waals surface area contributed by atoms with Crippen LogP contribution >= 0.6 is 11.8 Å². The van der Waals surface area contributed by atoms with E-state index in [1.165, 1.54) is 0 Å². The third kappa shape index (κ3) is 5.67. The van der Waals surface area contributed by atoms with Gasteiger partial charge in [0.25, 0.3) is 0 Å². The smallest absolute Gasteiger partial charge is 0.119 e. The first-order valence-electron chi connectivity index (χ1n) is 4.96. The molecule has 3 nitrogen and oxygen atoms in total. The van der Waals surface area contributed by atoms with Crippen LogP contribution < -0.4 is 10.5 Å². The van der Waals surface area contributed by atoms with Crippen molar-refractivity contribution < 1.29 is 9.84 Å². The molecule has 1 unspecified atom stereocenters. The number of hydrogen-bond donors (Lipinski definition) is 2. The molecular weight excluding hydrogens is 210 g/mol. The zero-order valence-electron chi connectivity index (χ0n) is 8.63. The number of hydrogen-bond acceptors (Lipinski definition) is 4. The summed E-state index contributed by atoms with van der Waals surface area (Å²) in [6, 6.07) is 9.50. The zero-order chi connectivity index (χ0) is 10.9. The quantitative estimate of drug-likeness (QED) is 0.685. The summed E-state index contributed by atoms with van der Waals surface area (Å²) in [6.07, 6.45) is -0.429. The van der Waals surface area contributed by atoms with Crippen molar-refractivity contribution >= 4 is 11.8 Å². The highest BCUT2D eigenvalue weighted by atomic mass is 32.2. The van der Waals surface area contributed by atoms with E-state index in [2.05, 4.69) is 0 Å². The zero-order valence-corrected chi connectivity index (χ0v) is 9.45. The number of para-hydroxylation sites is 1. The molecule has 1 aromatic carbocycles. The summed E-state index contributed by atoms with van der Waals surface area (Å²) in [4.78, 5) is 0. The normalized spacial score (nSPS) is 12.4. The summed E-state index contributed by atoms with van der Waals surface area (Å²) < 4.78 is 5.40. The van der Waals surface area contributed by atoms with Crippen molar-refractivity contribution in [1.82, 2.24) is 0 Å². The summed E-state index contributed by atoms with van der Waals surface area (Å²) in [5.74, 6) is 2.34. The van der Waals surface area contributed by atoms with Crippen molar-refractivity contribution in [2.75, 3.05) is 24.7 Å². The second-order valence-electron chi connectivity index (χ2n) is 3.14. The molecule has 0 amide bonds. The minimum Gasteiger partial charge on any atom is -0.491 e. The maximum atomic E-state index is 9.55. The molecule has 0 aliphatic rings. The number of benzene rings is 1. The Balaban J connectivity index is 2.14. The number of aliphatic hydroxyl groups is 1. The van der Waals surface area contributed by atoms with E-state index in [1.807, 2.05) is 30.3 Å². The molecule has 3 N–H and O–H groups in total. The molecule has 0 aliphatic heterocycles. The molecule has 0 aromatic heterocycles. The van der Waals surface area contributed by atoms with Crippen LogP contribution in [0.25, 0.3) is 0 Å². The maximum absolute atomic E-state index is 9.55. The number of ether oxygens (including phenoxy) is 1. The number of aliphatic hydroxyl groups excluding tert-OH is 1. The summed E-state index contributed by atoms with van der Waals surface area (Å²) in [5.41, 5.74) is 5.35. The van der Waals surface area contributed by atoms with Crippen LogP contribution in [-0.2, 0) is 0 Å². The van der Waals surface area contributed by atoms with Crippen molar-refractivity contribution in [3.63, 3.8) is 0 Å². The van der Waals surface area contributed by atoms with Gasteiger partial charge in [-0.15, -0.1) is 0 Å². The largest absolute Gasteiger partial charge is 0.491 e. The first kappa shape index (κ1) is 12.4. The predicted octanol–water partition coefficient (Wildman–Crippen LogP) is 1.12. The molecular formula is C11H17NO2S. The third-order valence-electron chi connectivity index (χ3n) is 1.76. The molecule has 0 radical (unpaired) electrons. The molecule has 0 aliphatic carbocycles. The van der Waals surface area contributed by atoms with E-state index in [9.17, 15) is 5.11 Å². The van der Waals surface area contributed by atoms with Crippen molar-refractivity contribution in [2.45, 2.75) is 6.10 Å². The lowest BCUT2D eigenvalue weighted by atomic mass is 10.3. The lowest BCUT2D eigenvalue weighted by Gasteiger charge is -2.11. The van der Waals surface area contributed by atoms with Crippen LogP contribution in [0.4, 0.5) is 0 Å². The average Bonchev–Trinajstić information content (AvgIpc) is 2.28. The Hall–Kier alpha value is -0.710. The second kappa shape index (κ2) is 7.56. The van der Waals surface area contributed by atoms with Gasteiger partial charge in [-0.2, -0.15) is 11.8 Å². The molecule has 84 valence electrons. The first-order chi connectivity index (χ1) is 7.33. The van der Waals surface area contributed by atoms with Gasteiger partial charge in [0.1, 0.15) is 12.4 Å². The van der Waals surface area contributed by atoms with E-state index in [4.69, 9.17) is 10.5 Å². The summed E-state index contributed by atoms with van der Waals surface area (Å²) in [7, 11) is 0. The van der Waals surface area contributed by atoms with Gasteiger partial charge in [-0.05, 0) is 12.1 Å². The molecule has 1 atom stereocenters. The van der Waals surface area contributed by atoms with Crippen LogP contribution in [-0.4, -0.2) is 35.9 Å². The highest BCUT2D eigenvalue weighted by molar-refractivity contribution is 7.99. The monoisotopic (exact) mass is 227 g/mol. The van der Waals surface area contributed by atoms with Gasteiger partial charge in [-0.1, -0.05) is 18.2 Å². The summed E-state index contributed by atoms with van der Waals surface area (Å²) >= 11 is 1.64. The summed E-state index contributed by atoms with van der Waals surface area (Å²) in [6.45, 7) is 0.985. The topological polar surface area (TPSA) is 55.5 Å². The number of thioether (sulfide) groups is 1. The van der Waals surface area contributed by atoms with E-state index in [0.717, 1.165) is 11.5 Å². The van der Waals surface area contributed by atoms with E-state index < -0.39 is 6.10 Å². The fourth-order valence-electron chi connectivity index (χ4n) is 1.06. The Morgan fingerprint density at radius 1 is 1.33 bits per heavy atom. The highest BCUT2D eigenvalue weighted by Gasteiger charge is 2.04. The van der Waals surface area contributed by atoms with Crippen molar-refractivity contribution in [1.29, 1.82) is 0 Å². The number of rotatable bonds is 7. The Morgan fingerprint density at radius 3 is 2.73 bits per heavy atom. The van der Waals surface area contributed by atoms with Gasteiger partial charge in [0.15, 0.2) is 0 Å². The standard InChI is InChI=1S/C11H17NO2S/c12-6-7-15-9-10(13)8-14-11-4-2-1-3-5-11/h1-5,10,13H,6-9,12H2. The molecule has 0 spiro atoms. The molecule has 0 saturated carbocycles. The molecule has 4 heteroatoms. The van der Waals surface area contributed by atoms with E-state index >= 15 is 0 Å². The molecule has 15 heavy (non-hydrogen) atoms. The molecule has 1 rings (SSSR count).